The van der Waals surface area contributed by atoms with Gasteiger partial charge in [0.2, 0.25) is 5.91 Å². The molecule has 1 amide bonds. The molecule has 2 N–H and O–H groups in total. The van der Waals surface area contributed by atoms with Crippen molar-refractivity contribution in [1.29, 1.82) is 0 Å². The summed E-state index contributed by atoms with van der Waals surface area (Å²) < 4.78 is 1.12. The van der Waals surface area contributed by atoms with Gasteiger partial charge in [0.25, 0.3) is 0 Å². The number of hydrogen-bond donors (Lipinski definition) is 2. The third-order valence-electron chi connectivity index (χ3n) is 3.97. The molecule has 2 unspecified atom stereocenters. The maximum Gasteiger partial charge on any atom is 0.220 e. The highest BCUT2D eigenvalue weighted by Gasteiger charge is 2.21. The molecule has 0 radical (unpaired) electrons. The van der Waals surface area contributed by atoms with Gasteiger partial charge in [-0.2, -0.15) is 0 Å². The second-order valence-electron chi connectivity index (χ2n) is 5.64. The van der Waals surface area contributed by atoms with Crippen LogP contribution in [0, 0.1) is 6.92 Å². The first-order valence-electron chi connectivity index (χ1n) is 7.34. The van der Waals surface area contributed by atoms with Gasteiger partial charge in [-0.1, -0.05) is 28.1 Å². The summed E-state index contributed by atoms with van der Waals surface area (Å²) in [5, 5.41) is 6.56. The van der Waals surface area contributed by atoms with Crippen molar-refractivity contribution in [2.75, 3.05) is 6.54 Å². The Morgan fingerprint density at radius 2 is 2.24 bits per heavy atom. The summed E-state index contributed by atoms with van der Waals surface area (Å²) >= 11 is 3.50. The van der Waals surface area contributed by atoms with Crippen LogP contribution in [-0.2, 0) is 11.2 Å². The van der Waals surface area contributed by atoms with Gasteiger partial charge in [0.1, 0.15) is 0 Å². The van der Waals surface area contributed by atoms with Crippen LogP contribution >= 0.6 is 28.3 Å². The molecule has 2 atom stereocenters. The second-order valence-corrected chi connectivity index (χ2v) is 6.50. The normalized spacial score (nSPS) is 21.5. The smallest absolute Gasteiger partial charge is 0.220 e. The van der Waals surface area contributed by atoms with Crippen molar-refractivity contribution >= 4 is 34.2 Å². The van der Waals surface area contributed by atoms with Crippen LogP contribution in [0.25, 0.3) is 0 Å². The van der Waals surface area contributed by atoms with Crippen molar-refractivity contribution in [3.8, 4) is 0 Å². The van der Waals surface area contributed by atoms with Crippen LogP contribution in [-0.4, -0.2) is 24.5 Å². The van der Waals surface area contributed by atoms with E-state index >= 15 is 0 Å². The second kappa shape index (κ2) is 8.76. The third kappa shape index (κ3) is 5.61. The van der Waals surface area contributed by atoms with Crippen LogP contribution in [0.4, 0.5) is 0 Å². The molecule has 0 spiro atoms. The molecule has 1 aromatic rings. The molecule has 1 heterocycles. The number of rotatable bonds is 4. The van der Waals surface area contributed by atoms with Crippen LogP contribution in [0.3, 0.4) is 0 Å². The monoisotopic (exact) mass is 374 g/mol. The SMILES string of the molecule is Cc1cc(CCC(=O)NC2CCCNC2C)ccc1Br.Cl. The Balaban J connectivity index is 0.00000220. The molecule has 0 aromatic heterocycles. The van der Waals surface area contributed by atoms with Crippen LogP contribution in [0.2, 0.25) is 0 Å². The number of nitrogens with one attached hydrogen (secondary N) is 2. The number of hydrogen-bond acceptors (Lipinski definition) is 2. The molecule has 1 saturated heterocycles. The molecule has 2 rings (SSSR count). The van der Waals surface area contributed by atoms with E-state index in [0.29, 0.717) is 12.5 Å². The van der Waals surface area contributed by atoms with Crippen molar-refractivity contribution in [2.24, 2.45) is 0 Å². The molecule has 1 aromatic carbocycles. The van der Waals surface area contributed by atoms with Gasteiger partial charge in [-0.25, -0.2) is 0 Å². The maximum atomic E-state index is 12.0. The van der Waals surface area contributed by atoms with Crippen LogP contribution in [0.5, 0.6) is 0 Å². The van der Waals surface area contributed by atoms with Gasteiger partial charge in [0.15, 0.2) is 0 Å². The van der Waals surface area contributed by atoms with E-state index in [1.807, 2.05) is 0 Å². The Hall–Kier alpha value is -0.580. The van der Waals surface area contributed by atoms with E-state index in [9.17, 15) is 4.79 Å². The molecule has 118 valence electrons. The lowest BCUT2D eigenvalue weighted by Crippen LogP contribution is -2.51. The van der Waals surface area contributed by atoms with Gasteiger partial charge in [0, 0.05) is 23.0 Å². The minimum absolute atomic E-state index is 0. The zero-order chi connectivity index (χ0) is 14.5. The number of carbonyl (C=O) groups excluding carboxylic acids is 1. The highest BCUT2D eigenvalue weighted by Crippen LogP contribution is 2.18. The topological polar surface area (TPSA) is 41.1 Å². The van der Waals surface area contributed by atoms with Crippen LogP contribution < -0.4 is 10.6 Å². The lowest BCUT2D eigenvalue weighted by Gasteiger charge is -2.30. The van der Waals surface area contributed by atoms with E-state index in [-0.39, 0.29) is 24.4 Å². The van der Waals surface area contributed by atoms with Crippen molar-refractivity contribution in [3.05, 3.63) is 33.8 Å². The largest absolute Gasteiger partial charge is 0.352 e. The summed E-state index contributed by atoms with van der Waals surface area (Å²) in [5.74, 6) is 0.158. The minimum Gasteiger partial charge on any atom is -0.352 e. The quantitative estimate of drug-likeness (QED) is 0.847. The number of carbonyl (C=O) groups is 1. The Morgan fingerprint density at radius 3 is 2.90 bits per heavy atom. The number of halogens is 2. The fraction of sp³-hybridized carbons (Fsp3) is 0.562. The summed E-state index contributed by atoms with van der Waals surface area (Å²) in [4.78, 5) is 12.0. The Labute approximate surface area is 141 Å². The average molecular weight is 376 g/mol. The van der Waals surface area contributed by atoms with Gasteiger partial charge in [-0.3, -0.25) is 4.79 Å². The van der Waals surface area contributed by atoms with Crippen LogP contribution in [0.15, 0.2) is 22.7 Å². The zero-order valence-electron chi connectivity index (χ0n) is 12.6. The average Bonchev–Trinajstić information content (AvgIpc) is 2.43. The molecular formula is C16H24BrClN2O. The third-order valence-corrected chi connectivity index (χ3v) is 4.86. The fourth-order valence-electron chi connectivity index (χ4n) is 2.64. The highest BCUT2D eigenvalue weighted by atomic mass is 79.9. The van der Waals surface area contributed by atoms with E-state index in [4.69, 9.17) is 0 Å². The van der Waals surface area contributed by atoms with Crippen molar-refractivity contribution in [2.45, 2.75) is 51.6 Å². The molecule has 3 nitrogen and oxygen atoms in total. The molecule has 1 aliphatic heterocycles. The molecule has 0 aliphatic carbocycles. The summed E-state index contributed by atoms with van der Waals surface area (Å²) in [6, 6.07) is 6.93. The van der Waals surface area contributed by atoms with Gasteiger partial charge in [0.05, 0.1) is 0 Å². The van der Waals surface area contributed by atoms with E-state index in [1.165, 1.54) is 11.1 Å². The molecule has 5 heteroatoms. The van der Waals surface area contributed by atoms with Gasteiger partial charge in [-0.05, 0) is 56.8 Å². The lowest BCUT2D eigenvalue weighted by molar-refractivity contribution is -0.122. The Bertz CT molecular complexity index is 481. The maximum absolute atomic E-state index is 12.0. The summed E-state index contributed by atoms with van der Waals surface area (Å²) in [5.41, 5.74) is 2.43. The molecule has 0 bridgehead atoms. The van der Waals surface area contributed by atoms with Crippen molar-refractivity contribution < 1.29 is 4.79 Å². The number of piperidine rings is 1. The number of benzene rings is 1. The van der Waals surface area contributed by atoms with Crippen molar-refractivity contribution in [1.82, 2.24) is 10.6 Å². The number of amides is 1. The minimum atomic E-state index is 0. The van der Waals surface area contributed by atoms with E-state index in [1.54, 1.807) is 0 Å². The summed E-state index contributed by atoms with van der Waals surface area (Å²) in [7, 11) is 0. The van der Waals surface area contributed by atoms with E-state index in [0.717, 1.165) is 30.3 Å². The number of aryl methyl sites for hydroxylation is 2. The fourth-order valence-corrected chi connectivity index (χ4v) is 2.89. The molecule has 21 heavy (non-hydrogen) atoms. The lowest BCUT2D eigenvalue weighted by atomic mass is 9.99. The first-order chi connectivity index (χ1) is 9.56. The predicted octanol–water partition coefficient (Wildman–Crippen LogP) is 3.37. The van der Waals surface area contributed by atoms with Gasteiger partial charge >= 0.3 is 0 Å². The first-order valence-corrected chi connectivity index (χ1v) is 8.13. The van der Waals surface area contributed by atoms with Gasteiger partial charge < -0.3 is 10.6 Å². The molecule has 1 aliphatic rings. The summed E-state index contributed by atoms with van der Waals surface area (Å²) in [6.07, 6.45) is 3.58. The zero-order valence-corrected chi connectivity index (χ0v) is 15.0. The van der Waals surface area contributed by atoms with Crippen molar-refractivity contribution in [3.63, 3.8) is 0 Å². The van der Waals surface area contributed by atoms with Gasteiger partial charge in [-0.15, -0.1) is 12.4 Å². The first kappa shape index (κ1) is 18.5. The Kier molecular flexibility index (Phi) is 7.71. The van der Waals surface area contributed by atoms with E-state index < -0.39 is 0 Å². The summed E-state index contributed by atoms with van der Waals surface area (Å²) in [6.45, 7) is 5.27. The van der Waals surface area contributed by atoms with E-state index in [2.05, 4.69) is 58.6 Å². The van der Waals surface area contributed by atoms with Crippen LogP contribution in [0.1, 0.15) is 37.3 Å². The standard InChI is InChI=1S/C16H23BrN2O.ClH/c1-11-10-13(5-7-14(11)17)6-8-16(20)19-15-4-3-9-18-12(15)2;/h5,7,10,12,15,18H,3-4,6,8-9H2,1-2H3,(H,19,20);1H. The Morgan fingerprint density at radius 1 is 1.48 bits per heavy atom. The predicted molar refractivity (Wildman–Crippen MR) is 93.1 cm³/mol. The highest BCUT2D eigenvalue weighted by molar-refractivity contribution is 9.10. The molecular weight excluding hydrogens is 352 g/mol. The molecule has 1 fully saturated rings. The molecule has 0 saturated carbocycles.